The van der Waals surface area contributed by atoms with E-state index in [2.05, 4.69) is 47.4 Å². The van der Waals surface area contributed by atoms with E-state index in [0.717, 1.165) is 16.1 Å². The van der Waals surface area contributed by atoms with E-state index in [1.165, 1.54) is 21.9 Å². The highest BCUT2D eigenvalue weighted by Crippen LogP contribution is 2.35. The lowest BCUT2D eigenvalue weighted by atomic mass is 9.99. The maximum absolute atomic E-state index is 6.16. The zero-order chi connectivity index (χ0) is 13.5. The Morgan fingerprint density at radius 3 is 2.45 bits per heavy atom. The molecule has 4 rings (SSSR count). The molecule has 0 amide bonds. The molecule has 96 valence electrons. The number of halogens is 1. The number of aromatic amines is 1. The van der Waals surface area contributed by atoms with E-state index in [-0.39, 0.29) is 0 Å². The molecule has 1 heterocycles. The van der Waals surface area contributed by atoms with E-state index < -0.39 is 0 Å². The van der Waals surface area contributed by atoms with Crippen molar-refractivity contribution in [2.24, 2.45) is 0 Å². The molecule has 0 bridgehead atoms. The molecule has 1 N–H and O–H groups in total. The maximum atomic E-state index is 6.16. The third-order valence-corrected chi connectivity index (χ3v) is 3.90. The highest BCUT2D eigenvalue weighted by Gasteiger charge is 2.10. The van der Waals surface area contributed by atoms with Gasteiger partial charge in [0.15, 0.2) is 0 Å². The predicted octanol–water partition coefficient (Wildman–Crippen LogP) is 5.64. The minimum atomic E-state index is 0.765. The molecule has 0 aliphatic carbocycles. The topological polar surface area (TPSA) is 15.8 Å². The van der Waals surface area contributed by atoms with Gasteiger partial charge in [-0.25, -0.2) is 0 Å². The van der Waals surface area contributed by atoms with Crippen LogP contribution in [0.1, 0.15) is 0 Å². The van der Waals surface area contributed by atoms with Gasteiger partial charge < -0.3 is 4.98 Å². The Morgan fingerprint density at radius 2 is 1.60 bits per heavy atom. The van der Waals surface area contributed by atoms with Gasteiger partial charge in [0, 0.05) is 26.8 Å². The minimum Gasteiger partial charge on any atom is -0.354 e. The molecule has 20 heavy (non-hydrogen) atoms. The van der Waals surface area contributed by atoms with Crippen molar-refractivity contribution in [2.45, 2.75) is 0 Å². The molecule has 0 saturated carbocycles. The van der Waals surface area contributed by atoms with Gasteiger partial charge in [0.25, 0.3) is 0 Å². The molecule has 1 nitrogen and oxygen atoms in total. The van der Waals surface area contributed by atoms with Crippen molar-refractivity contribution < 1.29 is 0 Å². The van der Waals surface area contributed by atoms with Crippen LogP contribution in [0.25, 0.3) is 32.9 Å². The van der Waals surface area contributed by atoms with E-state index in [1.54, 1.807) is 0 Å². The normalized spacial score (nSPS) is 11.2. The quantitative estimate of drug-likeness (QED) is 0.463. The fourth-order valence-corrected chi connectivity index (χ4v) is 2.95. The molecule has 0 fully saturated rings. The van der Waals surface area contributed by atoms with Crippen LogP contribution >= 0.6 is 11.6 Å². The minimum absolute atomic E-state index is 0.765. The lowest BCUT2D eigenvalue weighted by Gasteiger charge is -2.04. The molecule has 0 atom stereocenters. The van der Waals surface area contributed by atoms with Gasteiger partial charge in [0.05, 0.1) is 0 Å². The first-order valence-corrected chi connectivity index (χ1v) is 6.96. The Morgan fingerprint density at radius 1 is 0.750 bits per heavy atom. The number of hydrogen-bond donors (Lipinski definition) is 1. The highest BCUT2D eigenvalue weighted by molar-refractivity contribution is 6.32. The molecule has 0 aliphatic heterocycles. The molecule has 4 aromatic rings. The summed E-state index contributed by atoms with van der Waals surface area (Å²) in [6.07, 6.45) is 0. The zero-order valence-electron chi connectivity index (χ0n) is 10.7. The Labute approximate surface area is 121 Å². The van der Waals surface area contributed by atoms with Crippen LogP contribution in [-0.2, 0) is 0 Å². The second-order valence-corrected chi connectivity index (χ2v) is 5.35. The number of fused-ring (bicyclic) bond motifs is 3. The van der Waals surface area contributed by atoms with Crippen LogP contribution in [0.4, 0.5) is 0 Å². The van der Waals surface area contributed by atoms with Gasteiger partial charge >= 0.3 is 0 Å². The van der Waals surface area contributed by atoms with Crippen molar-refractivity contribution in [1.82, 2.24) is 4.98 Å². The Hall–Kier alpha value is -2.25. The molecule has 0 aliphatic rings. The summed E-state index contributed by atoms with van der Waals surface area (Å²) < 4.78 is 0. The second kappa shape index (κ2) is 4.39. The smallest absolute Gasteiger partial charge is 0.0471 e. The van der Waals surface area contributed by atoms with Crippen LogP contribution in [-0.4, -0.2) is 4.98 Å². The number of aromatic nitrogens is 1. The van der Waals surface area contributed by atoms with Crippen molar-refractivity contribution in [3.63, 3.8) is 0 Å². The number of nitrogens with one attached hydrogen (secondary N) is 1. The first-order chi connectivity index (χ1) is 9.83. The Bertz CT molecular complexity index is 907. The van der Waals surface area contributed by atoms with Crippen molar-refractivity contribution in [3.05, 3.63) is 71.8 Å². The summed E-state index contributed by atoms with van der Waals surface area (Å²) >= 11 is 6.16. The average molecular weight is 278 g/mol. The fourth-order valence-electron chi connectivity index (χ4n) is 2.78. The molecular weight excluding hydrogens is 266 g/mol. The van der Waals surface area contributed by atoms with Gasteiger partial charge in [0.2, 0.25) is 0 Å². The average Bonchev–Trinajstić information content (AvgIpc) is 2.86. The summed E-state index contributed by atoms with van der Waals surface area (Å²) in [6, 6.07) is 22.8. The summed E-state index contributed by atoms with van der Waals surface area (Å²) in [4.78, 5) is 3.46. The molecule has 3 aromatic carbocycles. The standard InChI is InChI=1S/C18H12ClN/c19-13-9-10-16-15(11-13)18-14(7-4-8-17(18)20-16)12-5-2-1-3-6-12/h1-11,20H. The number of rotatable bonds is 1. The largest absolute Gasteiger partial charge is 0.354 e. The molecule has 1 aromatic heterocycles. The molecule has 0 spiro atoms. The van der Waals surface area contributed by atoms with Gasteiger partial charge in [-0.15, -0.1) is 0 Å². The van der Waals surface area contributed by atoms with Crippen molar-refractivity contribution in [2.75, 3.05) is 0 Å². The van der Waals surface area contributed by atoms with Crippen molar-refractivity contribution >= 4 is 33.4 Å². The monoisotopic (exact) mass is 277 g/mol. The zero-order valence-corrected chi connectivity index (χ0v) is 11.5. The van der Waals surface area contributed by atoms with E-state index in [1.807, 2.05) is 24.3 Å². The summed E-state index contributed by atoms with van der Waals surface area (Å²) in [5.41, 5.74) is 4.71. The van der Waals surface area contributed by atoms with Crippen LogP contribution < -0.4 is 0 Å². The summed E-state index contributed by atoms with van der Waals surface area (Å²) in [6.45, 7) is 0. The van der Waals surface area contributed by atoms with Crippen LogP contribution in [0.5, 0.6) is 0 Å². The molecule has 0 saturated heterocycles. The van der Waals surface area contributed by atoms with Crippen molar-refractivity contribution in [1.29, 1.82) is 0 Å². The van der Waals surface area contributed by atoms with Crippen LogP contribution in [0.15, 0.2) is 66.7 Å². The third-order valence-electron chi connectivity index (χ3n) is 3.67. The number of hydrogen-bond acceptors (Lipinski definition) is 0. The second-order valence-electron chi connectivity index (χ2n) is 4.91. The summed E-state index contributed by atoms with van der Waals surface area (Å²) in [7, 11) is 0. The summed E-state index contributed by atoms with van der Waals surface area (Å²) in [5, 5.41) is 3.17. The van der Waals surface area contributed by atoms with Gasteiger partial charge in [-0.2, -0.15) is 0 Å². The highest BCUT2D eigenvalue weighted by atomic mass is 35.5. The van der Waals surface area contributed by atoms with Gasteiger partial charge in [-0.3, -0.25) is 0 Å². The van der Waals surface area contributed by atoms with E-state index in [4.69, 9.17) is 11.6 Å². The van der Waals surface area contributed by atoms with Crippen molar-refractivity contribution in [3.8, 4) is 11.1 Å². The Balaban J connectivity index is 2.16. The van der Waals surface area contributed by atoms with Crippen LogP contribution in [0, 0.1) is 0 Å². The third kappa shape index (κ3) is 1.71. The molecule has 0 unspecified atom stereocenters. The molecular formula is C18H12ClN. The first kappa shape index (κ1) is 11.6. The van der Waals surface area contributed by atoms with Gasteiger partial charge in [-0.05, 0) is 35.4 Å². The van der Waals surface area contributed by atoms with Crippen LogP contribution in [0.3, 0.4) is 0 Å². The Kier molecular flexibility index (Phi) is 2.54. The summed E-state index contributed by atoms with van der Waals surface area (Å²) in [5.74, 6) is 0. The lowest BCUT2D eigenvalue weighted by molar-refractivity contribution is 1.54. The first-order valence-electron chi connectivity index (χ1n) is 6.58. The number of H-pyrrole nitrogens is 1. The van der Waals surface area contributed by atoms with Gasteiger partial charge in [-0.1, -0.05) is 54.1 Å². The SMILES string of the molecule is Clc1ccc2[nH]c3cccc(-c4ccccc4)c3c2c1. The van der Waals surface area contributed by atoms with E-state index in [9.17, 15) is 0 Å². The van der Waals surface area contributed by atoms with Crippen LogP contribution in [0.2, 0.25) is 5.02 Å². The van der Waals surface area contributed by atoms with E-state index in [0.29, 0.717) is 0 Å². The number of benzene rings is 3. The van der Waals surface area contributed by atoms with Gasteiger partial charge in [0.1, 0.15) is 0 Å². The fraction of sp³-hybridized carbons (Fsp3) is 0. The molecule has 2 heteroatoms. The lowest BCUT2D eigenvalue weighted by Crippen LogP contribution is -1.78. The predicted molar refractivity (Wildman–Crippen MR) is 86.3 cm³/mol. The maximum Gasteiger partial charge on any atom is 0.0471 e. The van der Waals surface area contributed by atoms with E-state index >= 15 is 0 Å². The molecule has 0 radical (unpaired) electrons.